The van der Waals surface area contributed by atoms with Crippen LogP contribution in [0.2, 0.25) is 5.02 Å². The van der Waals surface area contributed by atoms with Gasteiger partial charge < -0.3 is 14.9 Å². The van der Waals surface area contributed by atoms with Gasteiger partial charge in [0, 0.05) is 23.0 Å². The molecule has 1 aliphatic rings. The molecule has 0 aliphatic carbocycles. The predicted molar refractivity (Wildman–Crippen MR) is 136 cm³/mol. The normalized spacial score (nSPS) is 14.5. The number of benzene rings is 2. The first-order valence-electron chi connectivity index (χ1n) is 11.2. The van der Waals surface area contributed by atoms with Gasteiger partial charge in [0.2, 0.25) is 4.77 Å². The summed E-state index contributed by atoms with van der Waals surface area (Å²) in [6, 6.07) is 17.2. The molecular weight excluding hydrogens is 468 g/mol. The summed E-state index contributed by atoms with van der Waals surface area (Å²) in [5, 5.41) is 15.8. The van der Waals surface area contributed by atoms with Gasteiger partial charge in [-0.05, 0) is 61.1 Å². The average Bonchev–Trinajstić information content (AvgIpc) is 3.18. The highest BCUT2D eigenvalue weighted by Gasteiger charge is 2.24. The number of piperazine rings is 1. The van der Waals surface area contributed by atoms with E-state index in [1.54, 1.807) is 18.5 Å². The molecule has 4 aromatic rings. The SMILES string of the molecule is Cc1c(Cl)cccc1-n1c(-c2ccncc2)nn(C[NH+]2CCN(c3ccccc3O)CC2)c1=S. The molecule has 1 fully saturated rings. The fraction of sp³-hybridized carbons (Fsp3) is 0.240. The van der Waals surface area contributed by atoms with Crippen LogP contribution < -0.4 is 9.80 Å². The monoisotopic (exact) mass is 493 g/mol. The number of phenols is 1. The number of para-hydroxylation sites is 2. The van der Waals surface area contributed by atoms with Gasteiger partial charge in [-0.3, -0.25) is 9.55 Å². The van der Waals surface area contributed by atoms with Gasteiger partial charge in [-0.15, -0.1) is 5.10 Å². The third-order valence-electron chi connectivity index (χ3n) is 6.32. The second kappa shape index (κ2) is 9.58. The molecule has 0 bridgehead atoms. The van der Waals surface area contributed by atoms with Crippen LogP contribution in [0.4, 0.5) is 5.69 Å². The van der Waals surface area contributed by atoms with Crippen LogP contribution in [0.1, 0.15) is 5.56 Å². The van der Waals surface area contributed by atoms with E-state index in [1.165, 1.54) is 4.90 Å². The Kier molecular flexibility index (Phi) is 6.36. The van der Waals surface area contributed by atoms with Crippen LogP contribution in [0.5, 0.6) is 5.75 Å². The number of halogens is 1. The van der Waals surface area contributed by atoms with Gasteiger partial charge in [0.1, 0.15) is 5.75 Å². The summed E-state index contributed by atoms with van der Waals surface area (Å²) in [7, 11) is 0. The van der Waals surface area contributed by atoms with Crippen molar-refractivity contribution >= 4 is 29.5 Å². The Morgan fingerprint density at radius 2 is 1.71 bits per heavy atom. The van der Waals surface area contributed by atoms with Crippen molar-refractivity contribution in [2.75, 3.05) is 31.1 Å². The van der Waals surface area contributed by atoms with Crippen LogP contribution in [0.3, 0.4) is 0 Å². The third kappa shape index (κ3) is 4.32. The molecular formula is C25H26ClN6OS+. The van der Waals surface area contributed by atoms with Crippen molar-refractivity contribution in [3.05, 3.63) is 82.3 Å². The van der Waals surface area contributed by atoms with Gasteiger partial charge in [-0.1, -0.05) is 29.8 Å². The van der Waals surface area contributed by atoms with Gasteiger partial charge in [-0.2, -0.15) is 4.68 Å². The number of hydrogen-bond donors (Lipinski definition) is 2. The minimum Gasteiger partial charge on any atom is -0.506 e. The lowest BCUT2D eigenvalue weighted by atomic mass is 10.2. The molecule has 0 amide bonds. The summed E-state index contributed by atoms with van der Waals surface area (Å²) in [5.41, 5.74) is 3.71. The van der Waals surface area contributed by atoms with E-state index in [1.807, 2.05) is 64.7 Å². The number of nitrogens with zero attached hydrogens (tertiary/aromatic N) is 5. The van der Waals surface area contributed by atoms with Crippen molar-refractivity contribution in [3.63, 3.8) is 0 Å². The van der Waals surface area contributed by atoms with Crippen molar-refractivity contribution in [2.24, 2.45) is 0 Å². The fourth-order valence-corrected chi connectivity index (χ4v) is 4.88. The molecule has 9 heteroatoms. The quantitative estimate of drug-likeness (QED) is 0.417. The zero-order chi connectivity index (χ0) is 23.7. The largest absolute Gasteiger partial charge is 0.506 e. The highest BCUT2D eigenvalue weighted by atomic mass is 35.5. The summed E-state index contributed by atoms with van der Waals surface area (Å²) in [6.45, 7) is 6.21. The molecule has 1 aliphatic heterocycles. The van der Waals surface area contributed by atoms with E-state index in [9.17, 15) is 5.11 Å². The topological polar surface area (TPSA) is 63.5 Å². The maximum absolute atomic E-state index is 10.2. The Morgan fingerprint density at radius 1 is 1.00 bits per heavy atom. The molecule has 174 valence electrons. The predicted octanol–water partition coefficient (Wildman–Crippen LogP) is 3.50. The van der Waals surface area contributed by atoms with Crippen LogP contribution >= 0.6 is 23.8 Å². The Bertz CT molecular complexity index is 1360. The minimum atomic E-state index is 0.325. The highest BCUT2D eigenvalue weighted by Crippen LogP contribution is 2.28. The number of pyridine rings is 1. The first-order valence-corrected chi connectivity index (χ1v) is 12.0. The fourth-order valence-electron chi connectivity index (χ4n) is 4.42. The summed E-state index contributed by atoms with van der Waals surface area (Å²) in [5.74, 6) is 1.09. The van der Waals surface area contributed by atoms with E-state index < -0.39 is 0 Å². The number of aromatic nitrogens is 4. The molecule has 2 aromatic carbocycles. The molecule has 0 atom stereocenters. The molecule has 34 heavy (non-hydrogen) atoms. The van der Waals surface area contributed by atoms with E-state index in [0.717, 1.165) is 54.5 Å². The lowest BCUT2D eigenvalue weighted by Crippen LogP contribution is -3.14. The maximum Gasteiger partial charge on any atom is 0.207 e. The van der Waals surface area contributed by atoms with Gasteiger partial charge in [0.25, 0.3) is 0 Å². The number of hydrogen-bond acceptors (Lipinski definition) is 5. The van der Waals surface area contributed by atoms with Gasteiger partial charge in [0.15, 0.2) is 12.5 Å². The van der Waals surface area contributed by atoms with E-state index in [-0.39, 0.29) is 0 Å². The summed E-state index contributed by atoms with van der Waals surface area (Å²) in [4.78, 5) is 7.76. The molecule has 3 heterocycles. The van der Waals surface area contributed by atoms with Crippen LogP contribution in [0.25, 0.3) is 17.1 Å². The summed E-state index contributed by atoms with van der Waals surface area (Å²) < 4.78 is 4.55. The highest BCUT2D eigenvalue weighted by molar-refractivity contribution is 7.71. The van der Waals surface area contributed by atoms with Crippen LogP contribution in [0.15, 0.2) is 67.0 Å². The van der Waals surface area contributed by atoms with Crippen LogP contribution in [0, 0.1) is 11.7 Å². The van der Waals surface area contributed by atoms with Crippen LogP contribution in [-0.4, -0.2) is 50.6 Å². The standard InChI is InChI=1S/C25H25ClN6OS/c1-18-20(26)5-4-7-21(18)32-24(19-9-11-27-12-10-19)28-31(25(32)34)17-29-13-15-30(16-14-29)22-6-2-3-8-23(22)33/h2-12,33H,13-17H2,1H3/p+1. The summed E-state index contributed by atoms with van der Waals surface area (Å²) >= 11 is 12.4. The Morgan fingerprint density at radius 3 is 2.44 bits per heavy atom. The van der Waals surface area contributed by atoms with Gasteiger partial charge in [0.05, 0.1) is 37.6 Å². The van der Waals surface area contributed by atoms with Crippen molar-refractivity contribution in [1.29, 1.82) is 0 Å². The number of quaternary nitrogens is 1. The number of rotatable bonds is 5. The lowest BCUT2D eigenvalue weighted by molar-refractivity contribution is -0.924. The van der Waals surface area contributed by atoms with Crippen molar-refractivity contribution < 1.29 is 10.0 Å². The third-order valence-corrected chi connectivity index (χ3v) is 7.13. The minimum absolute atomic E-state index is 0.325. The molecule has 0 spiro atoms. The van der Waals surface area contributed by atoms with E-state index in [2.05, 4.69) is 9.88 Å². The molecule has 7 nitrogen and oxygen atoms in total. The van der Waals surface area contributed by atoms with Crippen molar-refractivity contribution in [2.45, 2.75) is 13.6 Å². The average molecular weight is 494 g/mol. The van der Waals surface area contributed by atoms with E-state index in [0.29, 0.717) is 22.2 Å². The Labute approximate surface area is 208 Å². The number of aromatic hydroxyl groups is 1. The van der Waals surface area contributed by atoms with Crippen molar-refractivity contribution in [3.8, 4) is 22.8 Å². The zero-order valence-corrected chi connectivity index (χ0v) is 20.4. The first kappa shape index (κ1) is 22.6. The lowest BCUT2D eigenvalue weighted by Gasteiger charge is -2.33. The number of anilines is 1. The van der Waals surface area contributed by atoms with E-state index >= 15 is 0 Å². The number of nitrogens with one attached hydrogen (secondary N) is 1. The second-order valence-corrected chi connectivity index (χ2v) is 9.22. The first-order chi connectivity index (χ1) is 16.5. The molecule has 0 unspecified atom stereocenters. The maximum atomic E-state index is 10.2. The molecule has 2 N–H and O–H groups in total. The molecule has 5 rings (SSSR count). The molecule has 1 saturated heterocycles. The molecule has 2 aromatic heterocycles. The van der Waals surface area contributed by atoms with Gasteiger partial charge >= 0.3 is 0 Å². The Balaban J connectivity index is 1.44. The molecule has 0 saturated carbocycles. The summed E-state index contributed by atoms with van der Waals surface area (Å²) in [6.07, 6.45) is 3.52. The molecule has 0 radical (unpaired) electrons. The van der Waals surface area contributed by atoms with Crippen molar-refractivity contribution in [1.82, 2.24) is 19.3 Å². The van der Waals surface area contributed by atoms with Crippen LogP contribution in [-0.2, 0) is 6.67 Å². The number of phenolic OH excluding ortho intramolecular Hbond substituents is 1. The second-order valence-electron chi connectivity index (χ2n) is 8.44. The van der Waals surface area contributed by atoms with E-state index in [4.69, 9.17) is 28.9 Å². The van der Waals surface area contributed by atoms with Gasteiger partial charge in [-0.25, -0.2) is 0 Å². The Hall–Kier alpha value is -3.20. The smallest absolute Gasteiger partial charge is 0.207 e. The zero-order valence-electron chi connectivity index (χ0n) is 18.9.